The molecule has 13 heteroatoms. The van der Waals surface area contributed by atoms with Gasteiger partial charge in [0.25, 0.3) is 0 Å². The first-order valence-electron chi connectivity index (χ1n) is 40.2. The first kappa shape index (κ1) is 84.3. The van der Waals surface area contributed by atoms with Crippen LogP contribution < -0.4 is 14.8 Å². The highest BCUT2D eigenvalue weighted by Crippen LogP contribution is 2.33. The maximum atomic E-state index is 15.1. The molecule has 8 atom stereocenters. The summed E-state index contributed by atoms with van der Waals surface area (Å²) in [6.07, 6.45) is 28.9. The summed E-state index contributed by atoms with van der Waals surface area (Å²) in [5, 5.41) is 3.58. The molecule has 0 aliphatic carbocycles. The molecule has 0 saturated carbocycles. The number of ether oxygens (including phenoxy) is 10. The molecule has 0 aromatic heterocycles. The summed E-state index contributed by atoms with van der Waals surface area (Å²) in [5.41, 5.74) is 5.99. The summed E-state index contributed by atoms with van der Waals surface area (Å²) < 4.78 is 68.6. The van der Waals surface area contributed by atoms with Gasteiger partial charge in [-0.3, -0.25) is 4.79 Å². The first-order valence-corrected chi connectivity index (χ1v) is 40.2. The number of hydrogen-bond donors (Lipinski definition) is 1. The van der Waals surface area contributed by atoms with Crippen LogP contribution in [0.25, 0.3) is 0 Å². The van der Waals surface area contributed by atoms with Crippen LogP contribution in [-0.4, -0.2) is 107 Å². The normalized spacial score (nSPS) is 16.9. The Hall–Kier alpha value is -5.97. The molecule has 0 radical (unpaired) electrons. The van der Waals surface area contributed by atoms with Crippen LogP contribution in [0.15, 0.2) is 170 Å². The number of unbranched alkanes of at least 4 members (excludes halogenated alkanes) is 23. The molecule has 1 fully saturated rings. The lowest BCUT2D eigenvalue weighted by Gasteiger charge is -2.46. The van der Waals surface area contributed by atoms with Gasteiger partial charge in [0.05, 0.1) is 79.2 Å². The third-order valence-corrected chi connectivity index (χ3v) is 20.0. The number of nitrogens with one attached hydrogen (secondary N) is 1. The number of carbonyl (C=O) groups excluding carboxylic acids is 1. The molecule has 0 spiro atoms. The summed E-state index contributed by atoms with van der Waals surface area (Å²) in [6, 6.07) is 56.1. The van der Waals surface area contributed by atoms with Gasteiger partial charge in [-0.15, -0.1) is 0 Å². The SMILES string of the molecule is CCCCCCCCCCCCCC[C@@H](OCc1ccc(OC)cc1)[C@@H](OCc1ccc(OC)cc1)[C@H](CO[C@H]1OC(COCc2ccccc2)[C@H](OCc2ccccc2)[C@@H](OCc2ccccc2)[C@@H]1OCc1ccccc1)NC(=O)CCCCCCCN(CCCCCCC)CCCCCCC. The largest absolute Gasteiger partial charge is 0.497 e. The summed E-state index contributed by atoms with van der Waals surface area (Å²) in [6.45, 7) is 12.3. The lowest BCUT2D eigenvalue weighted by atomic mass is 9.97. The third-order valence-electron chi connectivity index (χ3n) is 20.0. The topological polar surface area (TPSA) is 125 Å². The van der Waals surface area contributed by atoms with Crippen LogP contribution in [-0.2, 0) is 82.3 Å². The van der Waals surface area contributed by atoms with Crippen molar-refractivity contribution >= 4 is 5.91 Å². The molecule has 1 amide bonds. The van der Waals surface area contributed by atoms with E-state index >= 15 is 4.79 Å². The second-order valence-electron chi connectivity index (χ2n) is 28.5. The van der Waals surface area contributed by atoms with Crippen molar-refractivity contribution in [2.45, 2.75) is 296 Å². The molecule has 6 aromatic rings. The second kappa shape index (κ2) is 53.7. The Morgan fingerprint density at radius 3 is 1.22 bits per heavy atom. The van der Waals surface area contributed by atoms with E-state index in [-0.39, 0.29) is 38.9 Å². The number of benzene rings is 6. The van der Waals surface area contributed by atoms with Gasteiger partial charge in [-0.2, -0.15) is 0 Å². The van der Waals surface area contributed by atoms with Gasteiger partial charge in [-0.25, -0.2) is 0 Å². The van der Waals surface area contributed by atoms with E-state index in [0.717, 1.165) is 96.4 Å². The first-order chi connectivity index (χ1) is 50.9. The van der Waals surface area contributed by atoms with Crippen LogP contribution >= 0.6 is 0 Å². The van der Waals surface area contributed by atoms with E-state index in [9.17, 15) is 0 Å². The van der Waals surface area contributed by atoms with Crippen molar-refractivity contribution < 1.29 is 52.2 Å². The molecule has 1 saturated heterocycles. The average Bonchev–Trinajstić information content (AvgIpc) is 0.782. The summed E-state index contributed by atoms with van der Waals surface area (Å²) in [4.78, 5) is 17.8. The average molecular weight is 1420 g/mol. The van der Waals surface area contributed by atoms with E-state index < -0.39 is 49.0 Å². The minimum Gasteiger partial charge on any atom is -0.497 e. The van der Waals surface area contributed by atoms with E-state index in [0.29, 0.717) is 32.7 Å². The van der Waals surface area contributed by atoms with Gasteiger partial charge in [0.1, 0.15) is 42.0 Å². The van der Waals surface area contributed by atoms with Crippen molar-refractivity contribution in [1.82, 2.24) is 10.2 Å². The fraction of sp³-hybridized carbons (Fsp3) is 0.589. The van der Waals surface area contributed by atoms with E-state index in [1.165, 1.54) is 142 Å². The smallest absolute Gasteiger partial charge is 0.220 e. The zero-order chi connectivity index (χ0) is 72.3. The number of carbonyl (C=O) groups is 1. The quantitative estimate of drug-likeness (QED) is 0.0366. The fourth-order valence-electron chi connectivity index (χ4n) is 13.8. The van der Waals surface area contributed by atoms with Crippen molar-refractivity contribution in [2.24, 2.45) is 0 Å². The Morgan fingerprint density at radius 1 is 0.398 bits per heavy atom. The number of hydrogen-bond acceptors (Lipinski definition) is 12. The molecule has 6 aromatic carbocycles. The Bertz CT molecular complexity index is 2970. The fourth-order valence-corrected chi connectivity index (χ4v) is 13.8. The van der Waals surface area contributed by atoms with Crippen molar-refractivity contribution in [2.75, 3.05) is 47.1 Å². The molecule has 1 heterocycles. The molecule has 13 nitrogen and oxygen atoms in total. The minimum absolute atomic E-state index is 0.0119. The number of methoxy groups -OCH3 is 2. The summed E-state index contributed by atoms with van der Waals surface area (Å²) in [7, 11) is 3.37. The zero-order valence-corrected chi connectivity index (χ0v) is 64.0. The number of rotatable bonds is 60. The maximum Gasteiger partial charge on any atom is 0.220 e. The molecular formula is C90H132N2O11. The Labute approximate surface area is 622 Å². The molecule has 1 N–H and O–H groups in total. The van der Waals surface area contributed by atoms with Gasteiger partial charge in [-0.05, 0) is 109 Å². The highest BCUT2D eigenvalue weighted by molar-refractivity contribution is 5.76. The van der Waals surface area contributed by atoms with E-state index in [1.807, 2.05) is 109 Å². The molecule has 1 aliphatic rings. The Balaban J connectivity index is 1.21. The van der Waals surface area contributed by atoms with E-state index in [4.69, 9.17) is 47.4 Å². The highest BCUT2D eigenvalue weighted by Gasteiger charge is 2.50. The molecule has 7 rings (SSSR count). The van der Waals surface area contributed by atoms with Crippen molar-refractivity contribution in [3.8, 4) is 11.5 Å². The molecule has 568 valence electrons. The van der Waals surface area contributed by atoms with Crippen LogP contribution in [0.4, 0.5) is 0 Å². The Morgan fingerprint density at radius 2 is 0.777 bits per heavy atom. The van der Waals surface area contributed by atoms with Crippen LogP contribution in [0.3, 0.4) is 0 Å². The highest BCUT2D eigenvalue weighted by atomic mass is 16.7. The third kappa shape index (κ3) is 34.9. The molecule has 1 aliphatic heterocycles. The lowest BCUT2D eigenvalue weighted by molar-refractivity contribution is -0.330. The minimum atomic E-state index is -1.04. The standard InChI is InChI=1S/C90H132N2O11/c1-6-9-12-15-16-17-18-19-20-21-23-40-53-83(97-67-78-55-59-80(94-4)60-56-78)86(98-71-79-57-61-81(95-5)62-58-79)82(91-85(93)54-41-24-22-27-44-65-92(63-42-25-13-10-7-2)64-43-26-14-11-8-3)72-102-90-89(101-70-77-51-38-31-39-52-77)88(100-69-76-49-36-30-37-50-76)87(99-68-75-47-34-29-35-48-75)84(103-90)73-96-66-74-45-32-28-33-46-74/h28-39,45-52,55-62,82-84,86-90H,6-27,40-44,53-54,63-73H2,1-5H3,(H,91,93)/t82-,83+,84?,86-,87-,88+,89-,90-/m0/s1. The van der Waals surface area contributed by atoms with Gasteiger partial charge in [0, 0.05) is 6.42 Å². The van der Waals surface area contributed by atoms with Crippen LogP contribution in [0, 0.1) is 0 Å². The van der Waals surface area contributed by atoms with E-state index in [2.05, 4.69) is 91.7 Å². The van der Waals surface area contributed by atoms with Crippen molar-refractivity contribution in [3.05, 3.63) is 203 Å². The van der Waals surface area contributed by atoms with Crippen LogP contribution in [0.5, 0.6) is 11.5 Å². The summed E-state index contributed by atoms with van der Waals surface area (Å²) >= 11 is 0. The van der Waals surface area contributed by atoms with Crippen molar-refractivity contribution in [3.63, 3.8) is 0 Å². The number of amides is 1. The maximum absolute atomic E-state index is 15.1. The monoisotopic (exact) mass is 1420 g/mol. The number of nitrogens with zero attached hydrogens (tertiary/aromatic N) is 1. The van der Waals surface area contributed by atoms with Gasteiger partial charge in [-0.1, -0.05) is 314 Å². The van der Waals surface area contributed by atoms with E-state index in [1.54, 1.807) is 14.2 Å². The predicted molar refractivity (Wildman–Crippen MR) is 418 cm³/mol. The zero-order valence-electron chi connectivity index (χ0n) is 64.0. The van der Waals surface area contributed by atoms with Gasteiger partial charge in [0.2, 0.25) is 5.91 Å². The molecular weight excluding hydrogens is 1280 g/mol. The predicted octanol–water partition coefficient (Wildman–Crippen LogP) is 21.0. The van der Waals surface area contributed by atoms with Gasteiger partial charge in [0.15, 0.2) is 6.29 Å². The van der Waals surface area contributed by atoms with Crippen LogP contribution in [0.2, 0.25) is 0 Å². The van der Waals surface area contributed by atoms with Crippen molar-refractivity contribution in [1.29, 1.82) is 0 Å². The molecule has 0 bridgehead atoms. The van der Waals surface area contributed by atoms with Gasteiger partial charge >= 0.3 is 0 Å². The molecule has 103 heavy (non-hydrogen) atoms. The van der Waals surface area contributed by atoms with Gasteiger partial charge < -0.3 is 57.6 Å². The van der Waals surface area contributed by atoms with Crippen LogP contribution in [0.1, 0.15) is 240 Å². The second-order valence-corrected chi connectivity index (χ2v) is 28.5. The lowest BCUT2D eigenvalue weighted by Crippen LogP contribution is -2.62. The summed E-state index contributed by atoms with van der Waals surface area (Å²) in [5.74, 6) is 1.48. The molecule has 1 unspecified atom stereocenters. The Kier molecular flexibility index (Phi) is 44.0.